The summed E-state index contributed by atoms with van der Waals surface area (Å²) in [5.41, 5.74) is 0.878. The highest BCUT2D eigenvalue weighted by atomic mass is 16.5. The number of amides is 2. The number of likely N-dealkylation sites (tertiary alicyclic amines) is 1. The summed E-state index contributed by atoms with van der Waals surface area (Å²) in [6.45, 7) is 3.27. The smallest absolute Gasteiger partial charge is 0.245 e. The molecule has 134 valence electrons. The zero-order valence-electron chi connectivity index (χ0n) is 14.7. The molecule has 0 radical (unpaired) electrons. The minimum atomic E-state index is -0.231. The zero-order valence-corrected chi connectivity index (χ0v) is 14.7. The van der Waals surface area contributed by atoms with Crippen LogP contribution in [0.3, 0.4) is 0 Å². The van der Waals surface area contributed by atoms with Crippen LogP contribution in [0.25, 0.3) is 0 Å². The Bertz CT molecular complexity index is 709. The predicted octanol–water partition coefficient (Wildman–Crippen LogP) is 2.09. The molecule has 3 saturated heterocycles. The number of carbonyl (C=O) groups excluding carboxylic acids is 2. The fourth-order valence-electron chi connectivity index (χ4n) is 5.10. The van der Waals surface area contributed by atoms with Crippen LogP contribution in [0.4, 0.5) is 0 Å². The van der Waals surface area contributed by atoms with Crippen molar-refractivity contribution in [2.24, 2.45) is 11.8 Å². The molecule has 0 unspecified atom stereocenters. The molecule has 1 aromatic heterocycles. The van der Waals surface area contributed by atoms with E-state index in [1.807, 2.05) is 22.8 Å². The third-order valence-electron chi connectivity index (χ3n) is 6.69. The summed E-state index contributed by atoms with van der Waals surface area (Å²) in [7, 11) is 0. The van der Waals surface area contributed by atoms with Crippen molar-refractivity contribution in [3.8, 4) is 0 Å². The minimum Gasteiger partial charge on any atom is -0.361 e. The molecule has 3 aliphatic heterocycles. The lowest BCUT2D eigenvalue weighted by Crippen LogP contribution is -2.56. The molecule has 0 aromatic carbocycles. The molecular formula is C19H25N3O3. The Balaban J connectivity index is 1.25. The van der Waals surface area contributed by atoms with E-state index < -0.39 is 0 Å². The van der Waals surface area contributed by atoms with Gasteiger partial charge in [-0.05, 0) is 50.9 Å². The van der Waals surface area contributed by atoms with Crippen molar-refractivity contribution in [1.29, 1.82) is 0 Å². The minimum absolute atomic E-state index is 0.135. The molecule has 4 atom stereocenters. The Hall–Kier alpha value is -1.85. The highest BCUT2D eigenvalue weighted by molar-refractivity contribution is 5.89. The molecule has 4 fully saturated rings. The van der Waals surface area contributed by atoms with E-state index in [0.29, 0.717) is 25.6 Å². The summed E-state index contributed by atoms with van der Waals surface area (Å²) in [5.74, 6) is 3.04. The lowest BCUT2D eigenvalue weighted by Gasteiger charge is -2.41. The Labute approximate surface area is 147 Å². The van der Waals surface area contributed by atoms with E-state index in [4.69, 9.17) is 4.52 Å². The van der Waals surface area contributed by atoms with Crippen molar-refractivity contribution in [3.05, 3.63) is 17.5 Å². The lowest BCUT2D eigenvalue weighted by atomic mass is 9.95. The highest BCUT2D eigenvalue weighted by Crippen LogP contribution is 2.49. The van der Waals surface area contributed by atoms with Gasteiger partial charge in [-0.1, -0.05) is 5.16 Å². The monoisotopic (exact) mass is 343 g/mol. The third kappa shape index (κ3) is 2.57. The molecule has 25 heavy (non-hydrogen) atoms. The number of hydrogen-bond donors (Lipinski definition) is 0. The van der Waals surface area contributed by atoms with E-state index in [1.165, 1.54) is 6.42 Å². The van der Waals surface area contributed by atoms with Gasteiger partial charge in [0.25, 0.3) is 0 Å². The molecular weight excluding hydrogens is 318 g/mol. The average Bonchev–Trinajstić information content (AvgIpc) is 2.90. The van der Waals surface area contributed by atoms with E-state index in [1.54, 1.807) is 0 Å². The number of carbonyl (C=O) groups is 2. The molecule has 1 aromatic rings. The van der Waals surface area contributed by atoms with E-state index in [-0.39, 0.29) is 23.8 Å². The maximum atomic E-state index is 13.0. The maximum Gasteiger partial charge on any atom is 0.245 e. The second kappa shape index (κ2) is 5.58. The van der Waals surface area contributed by atoms with E-state index in [2.05, 4.69) is 5.16 Å². The molecule has 5 rings (SSSR count). The SMILES string of the molecule is Cc1cc(C2CN(C(=O)[C@@H]3CC[C@@H]4C[C@H]5C[C@@H]5CCC(=O)N43)C2)on1. The number of nitrogens with zero attached hydrogens (tertiary/aromatic N) is 3. The topological polar surface area (TPSA) is 66.7 Å². The van der Waals surface area contributed by atoms with E-state index in [9.17, 15) is 9.59 Å². The third-order valence-corrected chi connectivity index (χ3v) is 6.69. The molecule has 1 aliphatic carbocycles. The molecule has 4 heterocycles. The summed E-state index contributed by atoms with van der Waals surface area (Å²) < 4.78 is 5.32. The van der Waals surface area contributed by atoms with Crippen molar-refractivity contribution in [3.63, 3.8) is 0 Å². The van der Waals surface area contributed by atoms with Crippen molar-refractivity contribution in [1.82, 2.24) is 15.0 Å². The number of aromatic nitrogens is 1. The van der Waals surface area contributed by atoms with Crippen LogP contribution in [0.15, 0.2) is 10.6 Å². The first-order chi connectivity index (χ1) is 12.1. The molecule has 2 amide bonds. The van der Waals surface area contributed by atoms with Crippen LogP contribution in [-0.4, -0.2) is 51.9 Å². The molecule has 0 spiro atoms. The highest BCUT2D eigenvalue weighted by Gasteiger charge is 2.49. The van der Waals surface area contributed by atoms with Crippen LogP contribution in [0.5, 0.6) is 0 Å². The van der Waals surface area contributed by atoms with E-state index >= 15 is 0 Å². The summed E-state index contributed by atoms with van der Waals surface area (Å²) in [5, 5.41) is 3.93. The summed E-state index contributed by atoms with van der Waals surface area (Å²) in [6.07, 6.45) is 5.87. The van der Waals surface area contributed by atoms with Crippen LogP contribution in [0, 0.1) is 18.8 Å². The van der Waals surface area contributed by atoms with Gasteiger partial charge in [-0.3, -0.25) is 9.59 Å². The second-order valence-corrected chi connectivity index (χ2v) is 8.39. The Morgan fingerprint density at radius 1 is 1.20 bits per heavy atom. The van der Waals surface area contributed by atoms with Gasteiger partial charge in [0.05, 0.1) is 11.6 Å². The molecule has 6 heteroatoms. The maximum absolute atomic E-state index is 13.0. The Kier molecular flexibility index (Phi) is 3.44. The first-order valence-electron chi connectivity index (χ1n) is 9.63. The first-order valence-corrected chi connectivity index (χ1v) is 9.63. The van der Waals surface area contributed by atoms with Gasteiger partial charge in [0.1, 0.15) is 11.8 Å². The average molecular weight is 343 g/mol. The fraction of sp³-hybridized carbons (Fsp3) is 0.737. The van der Waals surface area contributed by atoms with Gasteiger partial charge in [-0.15, -0.1) is 0 Å². The summed E-state index contributed by atoms with van der Waals surface area (Å²) in [6, 6.07) is 2.02. The predicted molar refractivity (Wildman–Crippen MR) is 89.7 cm³/mol. The van der Waals surface area contributed by atoms with Crippen molar-refractivity contribution in [2.75, 3.05) is 13.1 Å². The number of hydrogen-bond acceptors (Lipinski definition) is 4. The van der Waals surface area contributed by atoms with Gasteiger partial charge in [-0.2, -0.15) is 0 Å². The summed E-state index contributed by atoms with van der Waals surface area (Å²) in [4.78, 5) is 29.5. The van der Waals surface area contributed by atoms with Crippen molar-refractivity contribution < 1.29 is 14.1 Å². The normalized spacial score (nSPS) is 34.8. The largest absolute Gasteiger partial charge is 0.361 e. The van der Waals surface area contributed by atoms with Gasteiger partial charge in [0.2, 0.25) is 11.8 Å². The Morgan fingerprint density at radius 2 is 2.04 bits per heavy atom. The van der Waals surface area contributed by atoms with Gasteiger partial charge in [0.15, 0.2) is 0 Å². The fourth-order valence-corrected chi connectivity index (χ4v) is 5.10. The lowest BCUT2D eigenvalue weighted by molar-refractivity contribution is -0.149. The van der Waals surface area contributed by atoms with Gasteiger partial charge < -0.3 is 14.3 Å². The Morgan fingerprint density at radius 3 is 2.80 bits per heavy atom. The van der Waals surface area contributed by atoms with Gasteiger partial charge in [-0.25, -0.2) is 0 Å². The zero-order chi connectivity index (χ0) is 17.1. The quantitative estimate of drug-likeness (QED) is 0.825. The number of rotatable bonds is 2. The van der Waals surface area contributed by atoms with Gasteiger partial charge >= 0.3 is 0 Å². The van der Waals surface area contributed by atoms with Crippen LogP contribution in [-0.2, 0) is 9.59 Å². The van der Waals surface area contributed by atoms with Gasteiger partial charge in [0, 0.05) is 31.6 Å². The van der Waals surface area contributed by atoms with Crippen LogP contribution >= 0.6 is 0 Å². The second-order valence-electron chi connectivity index (χ2n) is 8.39. The molecule has 6 nitrogen and oxygen atoms in total. The molecule has 4 aliphatic rings. The number of aryl methyl sites for hydroxylation is 1. The molecule has 0 bridgehead atoms. The standard InChI is InChI=1S/C19H25N3O3/c1-11-6-17(25-20-11)14-9-21(10-14)19(24)16-4-3-15-8-13-7-12(13)2-5-18(23)22(15)16/h6,12-16H,2-5,7-10H2,1H3/t12-,13+,15+,16-/m0/s1. The van der Waals surface area contributed by atoms with Crippen LogP contribution < -0.4 is 0 Å². The first kappa shape index (κ1) is 15.4. The van der Waals surface area contributed by atoms with Crippen molar-refractivity contribution >= 4 is 11.8 Å². The number of fused-ring (bicyclic) bond motifs is 2. The van der Waals surface area contributed by atoms with Crippen molar-refractivity contribution in [2.45, 2.75) is 63.5 Å². The van der Waals surface area contributed by atoms with E-state index in [0.717, 1.165) is 49.0 Å². The molecule has 0 N–H and O–H groups in total. The van der Waals surface area contributed by atoms with Crippen LogP contribution in [0.1, 0.15) is 55.9 Å². The summed E-state index contributed by atoms with van der Waals surface area (Å²) >= 11 is 0. The van der Waals surface area contributed by atoms with Crippen LogP contribution in [0.2, 0.25) is 0 Å². The molecule has 1 saturated carbocycles.